The van der Waals surface area contributed by atoms with Crippen molar-refractivity contribution >= 4 is 11.8 Å². The molecule has 0 radical (unpaired) electrons. The van der Waals surface area contributed by atoms with Crippen LogP contribution in [0.3, 0.4) is 0 Å². The minimum absolute atomic E-state index is 0.0566. The fraction of sp³-hybridized carbons (Fsp3) is 0.481. The Labute approximate surface area is 193 Å². The lowest BCUT2D eigenvalue weighted by atomic mass is 10.1. The van der Waals surface area contributed by atoms with E-state index in [-0.39, 0.29) is 24.5 Å². The first-order valence-electron chi connectivity index (χ1n) is 11.5. The predicted molar refractivity (Wildman–Crippen MR) is 130 cm³/mol. The van der Waals surface area contributed by atoms with Crippen molar-refractivity contribution in [2.75, 3.05) is 6.61 Å². The van der Waals surface area contributed by atoms with E-state index in [0.717, 1.165) is 34.2 Å². The first-order valence-corrected chi connectivity index (χ1v) is 11.5. The molecule has 2 rings (SSSR count). The smallest absolute Gasteiger partial charge is 0.261 e. The second-order valence-electron chi connectivity index (χ2n) is 8.68. The monoisotopic (exact) mass is 438 g/mol. The molecule has 0 unspecified atom stereocenters. The van der Waals surface area contributed by atoms with Crippen molar-refractivity contribution in [1.82, 2.24) is 10.2 Å². The van der Waals surface area contributed by atoms with Gasteiger partial charge in [0.15, 0.2) is 6.61 Å². The van der Waals surface area contributed by atoms with Gasteiger partial charge in [-0.05, 0) is 81.3 Å². The Bertz CT molecular complexity index is 938. The van der Waals surface area contributed by atoms with Crippen LogP contribution in [0.1, 0.15) is 61.4 Å². The third-order valence-corrected chi connectivity index (χ3v) is 6.10. The van der Waals surface area contributed by atoms with Crippen molar-refractivity contribution in [3.8, 4) is 5.75 Å². The Hall–Kier alpha value is -2.82. The minimum Gasteiger partial charge on any atom is -0.483 e. The Kier molecular flexibility index (Phi) is 9.30. The maximum atomic E-state index is 13.4. The van der Waals surface area contributed by atoms with E-state index in [1.165, 1.54) is 0 Å². The maximum absolute atomic E-state index is 13.4. The van der Waals surface area contributed by atoms with E-state index >= 15 is 0 Å². The summed E-state index contributed by atoms with van der Waals surface area (Å²) in [4.78, 5) is 28.1. The molecule has 0 aliphatic heterocycles. The number of hydrogen-bond acceptors (Lipinski definition) is 3. The topological polar surface area (TPSA) is 58.6 Å². The van der Waals surface area contributed by atoms with Crippen LogP contribution < -0.4 is 10.1 Å². The number of ether oxygens (including phenoxy) is 1. The summed E-state index contributed by atoms with van der Waals surface area (Å²) in [5.74, 6) is 0.396. The van der Waals surface area contributed by atoms with E-state index in [9.17, 15) is 9.59 Å². The van der Waals surface area contributed by atoms with Crippen molar-refractivity contribution in [3.05, 3.63) is 64.2 Å². The maximum Gasteiger partial charge on any atom is 0.261 e. The summed E-state index contributed by atoms with van der Waals surface area (Å²) in [5, 5.41) is 3.04. The van der Waals surface area contributed by atoms with Gasteiger partial charge in [-0.15, -0.1) is 0 Å². The molecule has 0 saturated carbocycles. The van der Waals surface area contributed by atoms with Gasteiger partial charge in [0, 0.05) is 12.6 Å². The molecule has 0 aliphatic carbocycles. The van der Waals surface area contributed by atoms with Gasteiger partial charge in [-0.2, -0.15) is 0 Å². The Balaban J connectivity index is 2.29. The van der Waals surface area contributed by atoms with Crippen molar-refractivity contribution in [3.63, 3.8) is 0 Å². The number of carbonyl (C=O) groups excluding carboxylic acids is 2. The highest BCUT2D eigenvalue weighted by atomic mass is 16.5. The first-order chi connectivity index (χ1) is 15.2. The van der Waals surface area contributed by atoms with Crippen LogP contribution in [0, 0.1) is 27.7 Å². The highest BCUT2D eigenvalue weighted by Crippen LogP contribution is 2.24. The molecule has 5 nitrogen and oxygen atoms in total. The van der Waals surface area contributed by atoms with Crippen molar-refractivity contribution < 1.29 is 14.3 Å². The third kappa shape index (κ3) is 6.59. The van der Waals surface area contributed by atoms with E-state index < -0.39 is 6.04 Å². The number of nitrogens with zero attached hydrogens (tertiary/aromatic N) is 1. The minimum atomic E-state index is -0.556. The van der Waals surface area contributed by atoms with E-state index in [4.69, 9.17) is 4.74 Å². The van der Waals surface area contributed by atoms with Crippen LogP contribution in [0.15, 0.2) is 36.4 Å². The summed E-state index contributed by atoms with van der Waals surface area (Å²) in [6, 6.07) is 11.5. The van der Waals surface area contributed by atoms with Crippen LogP contribution in [0.5, 0.6) is 5.75 Å². The van der Waals surface area contributed by atoms with Crippen LogP contribution in [-0.4, -0.2) is 35.4 Å². The Morgan fingerprint density at radius 2 is 1.69 bits per heavy atom. The lowest BCUT2D eigenvalue weighted by Gasteiger charge is -2.32. The van der Waals surface area contributed by atoms with E-state index in [1.54, 1.807) is 4.90 Å². The first kappa shape index (κ1) is 25.4. The average molecular weight is 439 g/mol. The molecule has 0 fully saturated rings. The number of amides is 2. The molecule has 174 valence electrons. The molecule has 2 amide bonds. The zero-order chi connectivity index (χ0) is 23.8. The molecule has 5 heteroatoms. The summed E-state index contributed by atoms with van der Waals surface area (Å²) in [6.07, 6.45) is 1.37. The van der Waals surface area contributed by atoms with Gasteiger partial charge in [-0.3, -0.25) is 9.59 Å². The summed E-state index contributed by atoms with van der Waals surface area (Å²) in [7, 11) is 0. The van der Waals surface area contributed by atoms with Crippen LogP contribution in [-0.2, 0) is 16.1 Å². The van der Waals surface area contributed by atoms with Crippen molar-refractivity contribution in [2.24, 2.45) is 0 Å². The second kappa shape index (κ2) is 11.7. The van der Waals surface area contributed by atoms with Crippen LogP contribution in [0.4, 0.5) is 0 Å². The van der Waals surface area contributed by atoms with E-state index in [1.807, 2.05) is 78.8 Å². The predicted octanol–water partition coefficient (Wildman–Crippen LogP) is 5.02. The van der Waals surface area contributed by atoms with Gasteiger partial charge in [0.2, 0.25) is 5.91 Å². The molecule has 0 aromatic heterocycles. The highest BCUT2D eigenvalue weighted by Gasteiger charge is 2.30. The standard InChI is InChI=1S/C27H38N2O3/c1-8-21(6)28-27(31)24(9-2)29(16-23-13-11-10-12-19(23)4)26(30)17-32-25-15-18(3)14-20(5)22(25)7/h10-15,21,24H,8-9,16-17H2,1-7H3,(H,28,31)/t21-,24-/m1/s1. The van der Waals surface area contributed by atoms with Gasteiger partial charge in [0.1, 0.15) is 11.8 Å². The number of nitrogens with one attached hydrogen (secondary N) is 1. The van der Waals surface area contributed by atoms with Gasteiger partial charge in [0.05, 0.1) is 0 Å². The van der Waals surface area contributed by atoms with Crippen LogP contribution in [0.2, 0.25) is 0 Å². The highest BCUT2D eigenvalue weighted by molar-refractivity contribution is 5.88. The molecule has 2 aromatic rings. The van der Waals surface area contributed by atoms with Gasteiger partial charge in [0.25, 0.3) is 5.91 Å². The fourth-order valence-electron chi connectivity index (χ4n) is 3.70. The van der Waals surface area contributed by atoms with Gasteiger partial charge >= 0.3 is 0 Å². The number of benzene rings is 2. The lowest BCUT2D eigenvalue weighted by Crippen LogP contribution is -2.51. The summed E-state index contributed by atoms with van der Waals surface area (Å²) >= 11 is 0. The van der Waals surface area contributed by atoms with Crippen LogP contribution >= 0.6 is 0 Å². The van der Waals surface area contributed by atoms with Gasteiger partial charge < -0.3 is 15.0 Å². The van der Waals surface area contributed by atoms with Gasteiger partial charge in [-0.25, -0.2) is 0 Å². The molecule has 0 aliphatic rings. The lowest BCUT2D eigenvalue weighted by molar-refractivity contribution is -0.143. The summed E-state index contributed by atoms with van der Waals surface area (Å²) in [6.45, 7) is 14.3. The second-order valence-corrected chi connectivity index (χ2v) is 8.68. The SMILES string of the molecule is CC[C@@H](C)NC(=O)[C@@H](CC)N(Cc1ccccc1C)C(=O)COc1cc(C)cc(C)c1C. The normalized spacial score (nSPS) is 12.7. The average Bonchev–Trinajstić information content (AvgIpc) is 2.75. The Morgan fingerprint density at radius 1 is 1.00 bits per heavy atom. The molecule has 32 heavy (non-hydrogen) atoms. The molecular formula is C27H38N2O3. The van der Waals surface area contributed by atoms with Crippen molar-refractivity contribution in [1.29, 1.82) is 0 Å². The largest absolute Gasteiger partial charge is 0.483 e. The van der Waals surface area contributed by atoms with Crippen molar-refractivity contribution in [2.45, 2.75) is 79.9 Å². The number of carbonyl (C=O) groups is 2. The number of hydrogen-bond donors (Lipinski definition) is 1. The van der Waals surface area contributed by atoms with Crippen LogP contribution in [0.25, 0.3) is 0 Å². The Morgan fingerprint density at radius 3 is 2.31 bits per heavy atom. The number of rotatable bonds is 10. The molecule has 0 saturated heterocycles. The molecular weight excluding hydrogens is 400 g/mol. The molecule has 2 aromatic carbocycles. The summed E-state index contributed by atoms with van der Waals surface area (Å²) < 4.78 is 5.96. The zero-order valence-corrected chi connectivity index (χ0v) is 20.6. The van der Waals surface area contributed by atoms with Gasteiger partial charge in [-0.1, -0.05) is 44.2 Å². The summed E-state index contributed by atoms with van der Waals surface area (Å²) in [5.41, 5.74) is 5.36. The molecule has 2 atom stereocenters. The number of aryl methyl sites for hydroxylation is 3. The fourth-order valence-corrected chi connectivity index (χ4v) is 3.70. The quantitative estimate of drug-likeness (QED) is 0.567. The zero-order valence-electron chi connectivity index (χ0n) is 20.6. The molecule has 0 heterocycles. The van der Waals surface area contributed by atoms with E-state index in [0.29, 0.717) is 18.7 Å². The molecule has 0 spiro atoms. The van der Waals surface area contributed by atoms with E-state index in [2.05, 4.69) is 11.4 Å². The third-order valence-electron chi connectivity index (χ3n) is 6.10. The molecule has 1 N–H and O–H groups in total. The molecule has 0 bridgehead atoms.